The summed E-state index contributed by atoms with van der Waals surface area (Å²) in [6, 6.07) is 14.5. The minimum atomic E-state index is -0.181. The van der Waals surface area contributed by atoms with Crippen LogP contribution in [0.25, 0.3) is 10.9 Å². The maximum absolute atomic E-state index is 13.5. The Hall–Kier alpha value is -2.39. The molecule has 39 heavy (non-hydrogen) atoms. The fourth-order valence-electron chi connectivity index (χ4n) is 4.77. The number of para-hydroxylation sites is 1. The zero-order valence-corrected chi connectivity index (χ0v) is 25.8. The molecule has 1 aliphatic rings. The van der Waals surface area contributed by atoms with E-state index >= 15 is 0 Å². The average molecular weight is 694 g/mol. The highest BCUT2D eigenvalue weighted by Crippen LogP contribution is 2.43. The van der Waals surface area contributed by atoms with E-state index in [1.54, 1.807) is 37.6 Å². The van der Waals surface area contributed by atoms with Gasteiger partial charge < -0.3 is 9.47 Å². The highest BCUT2D eigenvalue weighted by Gasteiger charge is 2.23. The number of rotatable bonds is 7. The van der Waals surface area contributed by atoms with Gasteiger partial charge in [0.1, 0.15) is 12.4 Å². The van der Waals surface area contributed by atoms with Crippen molar-refractivity contribution in [2.45, 2.75) is 44.6 Å². The zero-order chi connectivity index (χ0) is 27.5. The molecule has 10 heteroatoms. The van der Waals surface area contributed by atoms with Crippen molar-refractivity contribution in [3.05, 3.63) is 94.8 Å². The lowest BCUT2D eigenvalue weighted by Crippen LogP contribution is -2.25. The van der Waals surface area contributed by atoms with E-state index < -0.39 is 0 Å². The first kappa shape index (κ1) is 28.1. The van der Waals surface area contributed by atoms with Gasteiger partial charge in [0.25, 0.3) is 5.56 Å². The molecule has 3 aromatic carbocycles. The predicted octanol–water partition coefficient (Wildman–Crippen LogP) is 8.75. The van der Waals surface area contributed by atoms with Crippen molar-refractivity contribution >= 4 is 72.2 Å². The molecule has 0 bridgehead atoms. The minimum Gasteiger partial charge on any atom is -0.493 e. The summed E-state index contributed by atoms with van der Waals surface area (Å²) >= 11 is 19.6. The Labute approximate surface area is 253 Å². The van der Waals surface area contributed by atoms with E-state index in [1.165, 1.54) is 11.1 Å². The summed E-state index contributed by atoms with van der Waals surface area (Å²) < 4.78 is 14.5. The van der Waals surface area contributed by atoms with E-state index in [-0.39, 0.29) is 18.1 Å². The van der Waals surface area contributed by atoms with Gasteiger partial charge in [-0.25, -0.2) is 4.98 Å². The highest BCUT2D eigenvalue weighted by atomic mass is 79.9. The first-order valence-corrected chi connectivity index (χ1v) is 14.9. The Balaban J connectivity index is 1.51. The Morgan fingerprint density at radius 3 is 2.59 bits per heavy atom. The number of ether oxygens (including phenoxy) is 2. The van der Waals surface area contributed by atoms with Crippen molar-refractivity contribution in [2.75, 3.05) is 7.11 Å². The number of benzene rings is 3. The summed E-state index contributed by atoms with van der Waals surface area (Å²) in [5.74, 6) is 1.89. The van der Waals surface area contributed by atoms with E-state index in [0.717, 1.165) is 31.2 Å². The molecule has 4 aromatic rings. The quantitative estimate of drug-likeness (QED) is 0.182. The van der Waals surface area contributed by atoms with Gasteiger partial charge in [-0.15, -0.1) is 0 Å². The van der Waals surface area contributed by atoms with Crippen LogP contribution in [0.2, 0.25) is 10.0 Å². The van der Waals surface area contributed by atoms with Crippen LogP contribution in [-0.2, 0) is 6.61 Å². The van der Waals surface area contributed by atoms with E-state index in [4.69, 9.17) is 37.7 Å². The second kappa shape index (κ2) is 12.4. The van der Waals surface area contributed by atoms with Crippen molar-refractivity contribution in [3.63, 3.8) is 0 Å². The van der Waals surface area contributed by atoms with Crippen LogP contribution < -0.4 is 15.0 Å². The van der Waals surface area contributed by atoms with Gasteiger partial charge in [0.05, 0.1) is 28.7 Å². The van der Waals surface area contributed by atoms with Crippen molar-refractivity contribution in [2.24, 2.45) is 5.10 Å². The summed E-state index contributed by atoms with van der Waals surface area (Å²) in [7, 11) is 1.57. The number of hydrogen-bond donors (Lipinski definition) is 0. The number of methoxy groups -OCH3 is 1. The summed E-state index contributed by atoms with van der Waals surface area (Å²) in [5, 5.41) is 6.27. The normalized spacial score (nSPS) is 14.3. The van der Waals surface area contributed by atoms with Crippen molar-refractivity contribution in [3.8, 4) is 11.5 Å². The molecule has 0 amide bonds. The van der Waals surface area contributed by atoms with Gasteiger partial charge in [-0.1, -0.05) is 60.7 Å². The largest absolute Gasteiger partial charge is 0.493 e. The molecule has 1 heterocycles. The molecule has 1 aromatic heterocycles. The maximum Gasteiger partial charge on any atom is 0.282 e. The number of halogens is 4. The van der Waals surface area contributed by atoms with Crippen molar-refractivity contribution in [1.82, 2.24) is 9.66 Å². The van der Waals surface area contributed by atoms with E-state index in [9.17, 15) is 4.79 Å². The fraction of sp³-hybridized carbons (Fsp3) is 0.276. The molecule has 202 valence electrons. The van der Waals surface area contributed by atoms with E-state index in [0.29, 0.717) is 52.8 Å². The number of fused-ring (bicyclic) bond motifs is 1. The maximum atomic E-state index is 13.5. The molecule has 0 unspecified atom stereocenters. The second-order valence-corrected chi connectivity index (χ2v) is 11.8. The molecule has 1 fully saturated rings. The van der Waals surface area contributed by atoms with Crippen LogP contribution in [0.5, 0.6) is 11.5 Å². The molecule has 0 spiro atoms. The van der Waals surface area contributed by atoms with Crippen LogP contribution in [0.4, 0.5) is 0 Å². The Bertz CT molecular complexity index is 1620. The number of hydrogen-bond acceptors (Lipinski definition) is 5. The van der Waals surface area contributed by atoms with Crippen molar-refractivity contribution in [1.29, 1.82) is 0 Å². The molecule has 0 saturated heterocycles. The van der Waals surface area contributed by atoms with Crippen molar-refractivity contribution < 1.29 is 9.47 Å². The number of nitrogens with zero attached hydrogens (tertiary/aromatic N) is 3. The first-order valence-electron chi connectivity index (χ1n) is 12.6. The van der Waals surface area contributed by atoms with E-state index in [1.807, 2.05) is 24.3 Å². The van der Waals surface area contributed by atoms with Crippen LogP contribution in [0.15, 0.2) is 67.4 Å². The Morgan fingerprint density at radius 2 is 1.85 bits per heavy atom. The standard InChI is InChI=1S/C29H25Br2Cl2N3O3/c1-38-24-13-19(25(30)26(31)27(24)39-16-18-11-12-20(32)14-22(18)33)15-34-36-28(17-7-3-2-4-8-17)35-23-10-6-5-9-21(23)29(36)37/h5-6,9-15,17H,2-4,7-8,16H2,1H3. The topological polar surface area (TPSA) is 65.7 Å². The van der Waals surface area contributed by atoms with Crippen LogP contribution >= 0.6 is 55.1 Å². The molecule has 0 atom stereocenters. The highest BCUT2D eigenvalue weighted by molar-refractivity contribution is 9.13. The Kier molecular flexibility index (Phi) is 8.96. The summed E-state index contributed by atoms with van der Waals surface area (Å²) in [4.78, 5) is 18.4. The average Bonchev–Trinajstić information content (AvgIpc) is 2.95. The van der Waals surface area contributed by atoms with Crippen LogP contribution in [0.1, 0.15) is 55.0 Å². The molecule has 0 radical (unpaired) electrons. The number of aromatic nitrogens is 2. The summed E-state index contributed by atoms with van der Waals surface area (Å²) in [6.07, 6.45) is 7.07. The summed E-state index contributed by atoms with van der Waals surface area (Å²) in [6.45, 7) is 0.216. The van der Waals surface area contributed by atoms with Gasteiger partial charge in [-0.2, -0.15) is 9.78 Å². The lowest BCUT2D eigenvalue weighted by Gasteiger charge is -2.22. The first-order chi connectivity index (χ1) is 18.9. The molecule has 6 nitrogen and oxygen atoms in total. The monoisotopic (exact) mass is 691 g/mol. The molecule has 0 aliphatic heterocycles. The molecule has 1 saturated carbocycles. The van der Waals surface area contributed by atoms with Crippen LogP contribution in [-0.4, -0.2) is 23.0 Å². The van der Waals surface area contributed by atoms with E-state index in [2.05, 4.69) is 37.0 Å². The predicted molar refractivity (Wildman–Crippen MR) is 164 cm³/mol. The van der Waals surface area contributed by atoms with Gasteiger partial charge in [-0.05, 0) is 75.0 Å². The van der Waals surface area contributed by atoms with Gasteiger partial charge in [-0.3, -0.25) is 4.79 Å². The second-order valence-electron chi connectivity index (χ2n) is 9.33. The smallest absolute Gasteiger partial charge is 0.282 e. The molecular weight excluding hydrogens is 669 g/mol. The minimum absolute atomic E-state index is 0.181. The third-order valence-electron chi connectivity index (χ3n) is 6.82. The van der Waals surface area contributed by atoms with Gasteiger partial charge >= 0.3 is 0 Å². The fourth-order valence-corrected chi connectivity index (χ4v) is 6.17. The molecular formula is C29H25Br2Cl2N3O3. The molecule has 1 aliphatic carbocycles. The molecule has 0 N–H and O–H groups in total. The van der Waals surface area contributed by atoms with Gasteiger partial charge in [0.15, 0.2) is 11.5 Å². The van der Waals surface area contributed by atoms with Crippen LogP contribution in [0, 0.1) is 0 Å². The lowest BCUT2D eigenvalue weighted by atomic mass is 9.88. The third kappa shape index (κ3) is 6.04. The SMILES string of the molecule is COc1cc(C=Nn2c(C3CCCCC3)nc3ccccc3c2=O)c(Br)c(Br)c1OCc1ccc(Cl)cc1Cl. The van der Waals surface area contributed by atoms with Crippen LogP contribution in [0.3, 0.4) is 0 Å². The van der Waals surface area contributed by atoms with Gasteiger partial charge in [0.2, 0.25) is 0 Å². The third-order valence-corrected chi connectivity index (χ3v) is 9.55. The summed E-state index contributed by atoms with van der Waals surface area (Å²) in [5.41, 5.74) is 2.00. The van der Waals surface area contributed by atoms with Gasteiger partial charge in [0, 0.05) is 31.6 Å². The zero-order valence-electron chi connectivity index (χ0n) is 21.1. The molecule has 5 rings (SSSR count). The Morgan fingerprint density at radius 1 is 1.08 bits per heavy atom. The lowest BCUT2D eigenvalue weighted by molar-refractivity contribution is 0.282.